The van der Waals surface area contributed by atoms with Gasteiger partial charge in [-0.1, -0.05) is 0 Å². The van der Waals surface area contributed by atoms with Crippen molar-refractivity contribution in [2.75, 3.05) is 6.54 Å². The van der Waals surface area contributed by atoms with Crippen molar-refractivity contribution in [2.45, 2.75) is 19.9 Å². The van der Waals surface area contributed by atoms with Gasteiger partial charge in [0.1, 0.15) is 0 Å². The largest absolute Gasteiger partial charge is 0.321 e. The number of hydrogen-bond donors (Lipinski definition) is 1. The minimum atomic E-state index is 0.525. The molecule has 0 bridgehead atoms. The van der Waals surface area contributed by atoms with E-state index in [-0.39, 0.29) is 0 Å². The van der Waals surface area contributed by atoms with Crippen molar-refractivity contribution in [3.8, 4) is 0 Å². The van der Waals surface area contributed by atoms with Gasteiger partial charge in [0.2, 0.25) is 5.28 Å². The molecule has 96 valence electrons. The number of aromatic nitrogens is 3. The fourth-order valence-electron chi connectivity index (χ4n) is 1.81. The standard InChI is InChI=1S/C13H17ClN4/c1-10-7-15-5-3-11(10)4-6-16-8-12-9-17-13(14)18(12)2/h3,5,7,9,16H,4,6,8H2,1-2H3. The highest BCUT2D eigenvalue weighted by Gasteiger charge is 2.03. The summed E-state index contributed by atoms with van der Waals surface area (Å²) in [6.07, 6.45) is 6.53. The minimum Gasteiger partial charge on any atom is -0.321 e. The molecule has 0 atom stereocenters. The van der Waals surface area contributed by atoms with Crippen LogP contribution >= 0.6 is 11.6 Å². The lowest BCUT2D eigenvalue weighted by molar-refractivity contribution is 0.652. The zero-order chi connectivity index (χ0) is 13.0. The Balaban J connectivity index is 1.80. The summed E-state index contributed by atoms with van der Waals surface area (Å²) in [6, 6.07) is 2.07. The van der Waals surface area contributed by atoms with Crippen LogP contribution in [0.15, 0.2) is 24.7 Å². The zero-order valence-corrected chi connectivity index (χ0v) is 11.4. The van der Waals surface area contributed by atoms with Gasteiger partial charge < -0.3 is 9.88 Å². The summed E-state index contributed by atoms with van der Waals surface area (Å²) < 4.78 is 1.88. The second-order valence-corrected chi connectivity index (χ2v) is 4.64. The molecule has 0 aliphatic carbocycles. The van der Waals surface area contributed by atoms with Gasteiger partial charge in [-0.3, -0.25) is 4.98 Å². The third-order valence-corrected chi connectivity index (χ3v) is 3.39. The molecule has 0 unspecified atom stereocenters. The fourth-order valence-corrected chi connectivity index (χ4v) is 1.96. The molecule has 2 aromatic heterocycles. The maximum atomic E-state index is 5.88. The van der Waals surface area contributed by atoms with Gasteiger partial charge in [0.05, 0.1) is 11.9 Å². The normalized spacial score (nSPS) is 10.8. The van der Waals surface area contributed by atoms with Gasteiger partial charge in [-0.15, -0.1) is 0 Å². The summed E-state index contributed by atoms with van der Waals surface area (Å²) in [6.45, 7) is 3.79. The van der Waals surface area contributed by atoms with Crippen molar-refractivity contribution in [1.29, 1.82) is 0 Å². The van der Waals surface area contributed by atoms with E-state index in [1.54, 1.807) is 6.20 Å². The zero-order valence-electron chi connectivity index (χ0n) is 10.7. The summed E-state index contributed by atoms with van der Waals surface area (Å²) in [4.78, 5) is 8.14. The van der Waals surface area contributed by atoms with E-state index in [1.165, 1.54) is 11.1 Å². The molecule has 2 heterocycles. The first-order chi connectivity index (χ1) is 8.68. The maximum absolute atomic E-state index is 5.88. The maximum Gasteiger partial charge on any atom is 0.202 e. The van der Waals surface area contributed by atoms with Crippen LogP contribution in [0.2, 0.25) is 5.28 Å². The van der Waals surface area contributed by atoms with E-state index in [9.17, 15) is 0 Å². The number of hydrogen-bond acceptors (Lipinski definition) is 3. The molecule has 0 aromatic carbocycles. The second kappa shape index (κ2) is 5.98. The number of imidazole rings is 1. The number of nitrogens with one attached hydrogen (secondary N) is 1. The summed E-state index contributed by atoms with van der Waals surface area (Å²) >= 11 is 5.88. The third-order valence-electron chi connectivity index (χ3n) is 3.04. The fraction of sp³-hybridized carbons (Fsp3) is 0.385. The quantitative estimate of drug-likeness (QED) is 0.841. The van der Waals surface area contributed by atoms with Crippen LogP contribution in [-0.2, 0) is 20.0 Å². The summed E-state index contributed by atoms with van der Waals surface area (Å²) in [5, 5.41) is 3.92. The molecule has 0 aliphatic rings. The number of halogens is 1. The van der Waals surface area contributed by atoms with E-state index in [2.05, 4.69) is 28.3 Å². The molecule has 0 saturated carbocycles. The van der Waals surface area contributed by atoms with E-state index >= 15 is 0 Å². The number of pyridine rings is 1. The van der Waals surface area contributed by atoms with Gasteiger partial charge in [0, 0.05) is 26.0 Å². The molecular formula is C13H17ClN4. The lowest BCUT2D eigenvalue weighted by Crippen LogP contribution is -2.18. The predicted molar refractivity (Wildman–Crippen MR) is 72.6 cm³/mol. The molecule has 5 heteroatoms. The van der Waals surface area contributed by atoms with E-state index in [4.69, 9.17) is 11.6 Å². The smallest absolute Gasteiger partial charge is 0.202 e. The third kappa shape index (κ3) is 3.09. The van der Waals surface area contributed by atoms with E-state index < -0.39 is 0 Å². The monoisotopic (exact) mass is 264 g/mol. The molecule has 0 spiro atoms. The summed E-state index contributed by atoms with van der Waals surface area (Å²) in [7, 11) is 1.92. The van der Waals surface area contributed by atoms with Crippen LogP contribution in [0.4, 0.5) is 0 Å². The molecule has 0 amide bonds. The molecular weight excluding hydrogens is 248 g/mol. The number of rotatable bonds is 5. The minimum absolute atomic E-state index is 0.525. The molecule has 4 nitrogen and oxygen atoms in total. The van der Waals surface area contributed by atoms with Crippen LogP contribution in [0.3, 0.4) is 0 Å². The first-order valence-electron chi connectivity index (χ1n) is 5.95. The SMILES string of the molecule is Cc1cnccc1CCNCc1cnc(Cl)n1C. The van der Waals surface area contributed by atoms with Crippen LogP contribution in [-0.4, -0.2) is 21.1 Å². The van der Waals surface area contributed by atoms with Gasteiger partial charge in [-0.05, 0) is 48.7 Å². The van der Waals surface area contributed by atoms with Crippen LogP contribution in [0, 0.1) is 6.92 Å². The van der Waals surface area contributed by atoms with Crippen molar-refractivity contribution in [1.82, 2.24) is 19.9 Å². The predicted octanol–water partition coefficient (Wildman–Crippen LogP) is 2.11. The molecule has 2 rings (SSSR count). The Morgan fingerprint density at radius 2 is 2.22 bits per heavy atom. The lowest BCUT2D eigenvalue weighted by atomic mass is 10.1. The number of nitrogens with zero attached hydrogens (tertiary/aromatic N) is 3. The lowest BCUT2D eigenvalue weighted by Gasteiger charge is -2.07. The van der Waals surface area contributed by atoms with Crippen molar-refractivity contribution in [3.63, 3.8) is 0 Å². The van der Waals surface area contributed by atoms with E-state index in [0.717, 1.165) is 25.2 Å². The summed E-state index contributed by atoms with van der Waals surface area (Å²) in [5.41, 5.74) is 3.66. The first kappa shape index (κ1) is 13.1. The molecule has 1 N–H and O–H groups in total. The highest BCUT2D eigenvalue weighted by molar-refractivity contribution is 6.28. The van der Waals surface area contributed by atoms with Gasteiger partial charge in [0.25, 0.3) is 0 Å². The highest BCUT2D eigenvalue weighted by Crippen LogP contribution is 2.08. The van der Waals surface area contributed by atoms with Crippen LogP contribution in [0.5, 0.6) is 0 Å². The number of aryl methyl sites for hydroxylation is 1. The average molecular weight is 265 g/mol. The van der Waals surface area contributed by atoms with Crippen molar-refractivity contribution in [2.24, 2.45) is 7.05 Å². The van der Waals surface area contributed by atoms with Gasteiger partial charge >= 0.3 is 0 Å². The van der Waals surface area contributed by atoms with Crippen LogP contribution in [0.25, 0.3) is 0 Å². The Morgan fingerprint density at radius 3 is 2.89 bits per heavy atom. The molecule has 0 radical (unpaired) electrons. The Kier molecular flexibility index (Phi) is 4.33. The van der Waals surface area contributed by atoms with Gasteiger partial charge in [0.15, 0.2) is 0 Å². The molecule has 2 aromatic rings. The average Bonchev–Trinajstić information content (AvgIpc) is 2.68. The van der Waals surface area contributed by atoms with E-state index in [0.29, 0.717) is 5.28 Å². The van der Waals surface area contributed by atoms with Crippen molar-refractivity contribution in [3.05, 3.63) is 46.8 Å². The Labute approximate surface area is 112 Å². The topological polar surface area (TPSA) is 42.7 Å². The molecule has 0 aliphatic heterocycles. The van der Waals surface area contributed by atoms with Crippen LogP contribution in [0.1, 0.15) is 16.8 Å². The molecule has 18 heavy (non-hydrogen) atoms. The van der Waals surface area contributed by atoms with Gasteiger partial charge in [-0.25, -0.2) is 4.98 Å². The van der Waals surface area contributed by atoms with Gasteiger partial charge in [-0.2, -0.15) is 0 Å². The second-order valence-electron chi connectivity index (χ2n) is 4.31. The first-order valence-corrected chi connectivity index (χ1v) is 6.32. The van der Waals surface area contributed by atoms with E-state index in [1.807, 2.05) is 24.0 Å². The summed E-state index contributed by atoms with van der Waals surface area (Å²) in [5.74, 6) is 0. The Hall–Kier alpha value is -1.39. The Bertz CT molecular complexity index is 521. The van der Waals surface area contributed by atoms with Crippen LogP contribution < -0.4 is 5.32 Å². The van der Waals surface area contributed by atoms with Crippen molar-refractivity contribution >= 4 is 11.6 Å². The molecule has 0 fully saturated rings. The van der Waals surface area contributed by atoms with Crippen molar-refractivity contribution < 1.29 is 0 Å². The Morgan fingerprint density at radius 1 is 1.39 bits per heavy atom. The molecule has 0 saturated heterocycles. The highest BCUT2D eigenvalue weighted by atomic mass is 35.5.